The third kappa shape index (κ3) is 4.40. The number of oxazole rings is 1. The van der Waals surface area contributed by atoms with E-state index in [2.05, 4.69) is 15.2 Å². The molecule has 2 aromatic heterocycles. The molecule has 0 amide bonds. The van der Waals surface area contributed by atoms with E-state index < -0.39 is 9.84 Å². The molecule has 0 atom stereocenters. The molecule has 0 saturated heterocycles. The van der Waals surface area contributed by atoms with Crippen LogP contribution in [0.15, 0.2) is 61.4 Å². The molecule has 1 N–H and O–H groups in total. The molecule has 0 unspecified atom stereocenters. The van der Waals surface area contributed by atoms with Crippen LogP contribution in [0.4, 0.5) is 5.88 Å². The summed E-state index contributed by atoms with van der Waals surface area (Å²) in [5.74, 6) is 0.623. The van der Waals surface area contributed by atoms with Gasteiger partial charge < -0.3 is 19.1 Å². The predicted octanol–water partition coefficient (Wildman–Crippen LogP) is 3.44. The summed E-state index contributed by atoms with van der Waals surface area (Å²) >= 11 is 0. The molecule has 0 saturated carbocycles. The SMILES string of the molecule is Cc1ccc(S(=O)(=O)c2nc(-c3ccco3)oc2NCCCN(C)C)cc1. The molecule has 0 fully saturated rings. The number of aryl methyl sites for hydroxylation is 1. The Hall–Kier alpha value is -2.58. The largest absolute Gasteiger partial charge is 0.459 e. The van der Waals surface area contributed by atoms with Gasteiger partial charge in [0.05, 0.1) is 11.2 Å². The fraction of sp³-hybridized carbons (Fsp3) is 0.316. The lowest BCUT2D eigenvalue weighted by molar-refractivity contribution is 0.404. The maximum Gasteiger partial charge on any atom is 0.266 e. The summed E-state index contributed by atoms with van der Waals surface area (Å²) < 4.78 is 37.2. The van der Waals surface area contributed by atoms with E-state index in [1.807, 2.05) is 21.0 Å². The number of sulfone groups is 1. The van der Waals surface area contributed by atoms with Crippen LogP contribution in [-0.4, -0.2) is 45.5 Å². The molecule has 2 heterocycles. The lowest BCUT2D eigenvalue weighted by atomic mass is 10.2. The van der Waals surface area contributed by atoms with E-state index >= 15 is 0 Å². The van der Waals surface area contributed by atoms with Gasteiger partial charge in [0.1, 0.15) is 0 Å². The smallest absolute Gasteiger partial charge is 0.266 e. The van der Waals surface area contributed by atoms with Gasteiger partial charge in [-0.1, -0.05) is 17.7 Å². The molecule has 7 nitrogen and oxygen atoms in total. The standard InChI is InChI=1S/C19H23N3O4S/c1-14-7-9-15(10-8-14)27(23,24)19-18(20-11-5-12-22(2)3)26-17(21-19)16-6-4-13-25-16/h4,6-10,13,20H,5,11-12H2,1-3H3. The minimum Gasteiger partial charge on any atom is -0.459 e. The molecule has 144 valence electrons. The Labute approximate surface area is 158 Å². The number of nitrogens with one attached hydrogen (secondary N) is 1. The maximum absolute atomic E-state index is 13.1. The van der Waals surface area contributed by atoms with Gasteiger partial charge in [0.2, 0.25) is 20.7 Å². The summed E-state index contributed by atoms with van der Waals surface area (Å²) in [4.78, 5) is 6.44. The van der Waals surface area contributed by atoms with Gasteiger partial charge in [0, 0.05) is 6.54 Å². The Bertz CT molecular complexity index is 975. The molecule has 0 aliphatic heterocycles. The molecule has 0 aliphatic carbocycles. The molecule has 0 radical (unpaired) electrons. The zero-order chi connectivity index (χ0) is 19.4. The second kappa shape index (κ2) is 7.98. The van der Waals surface area contributed by atoms with Crippen molar-refractivity contribution in [1.29, 1.82) is 0 Å². The van der Waals surface area contributed by atoms with Crippen LogP contribution in [0.2, 0.25) is 0 Å². The number of hydrogen-bond acceptors (Lipinski definition) is 7. The fourth-order valence-corrected chi connectivity index (χ4v) is 3.81. The van der Waals surface area contributed by atoms with Crippen LogP contribution in [-0.2, 0) is 9.84 Å². The number of rotatable bonds is 8. The number of hydrogen-bond donors (Lipinski definition) is 1. The van der Waals surface area contributed by atoms with E-state index in [-0.39, 0.29) is 21.7 Å². The minimum atomic E-state index is -3.83. The number of benzene rings is 1. The van der Waals surface area contributed by atoms with Crippen molar-refractivity contribution in [3.63, 3.8) is 0 Å². The van der Waals surface area contributed by atoms with Crippen LogP contribution in [0.1, 0.15) is 12.0 Å². The van der Waals surface area contributed by atoms with Gasteiger partial charge in [-0.25, -0.2) is 8.42 Å². The Morgan fingerprint density at radius 2 is 1.89 bits per heavy atom. The van der Waals surface area contributed by atoms with Crippen molar-refractivity contribution in [3.05, 3.63) is 48.2 Å². The van der Waals surface area contributed by atoms with Gasteiger partial charge in [-0.15, -0.1) is 0 Å². The summed E-state index contributed by atoms with van der Waals surface area (Å²) in [5, 5.41) is 2.93. The zero-order valence-corrected chi connectivity index (χ0v) is 16.4. The van der Waals surface area contributed by atoms with Crippen molar-refractivity contribution in [2.24, 2.45) is 0 Å². The van der Waals surface area contributed by atoms with Gasteiger partial charge in [0.15, 0.2) is 5.76 Å². The van der Waals surface area contributed by atoms with Crippen LogP contribution >= 0.6 is 0 Å². The number of anilines is 1. The summed E-state index contributed by atoms with van der Waals surface area (Å²) in [6, 6.07) is 10.0. The predicted molar refractivity (Wildman–Crippen MR) is 102 cm³/mol. The van der Waals surface area contributed by atoms with Gasteiger partial charge in [-0.3, -0.25) is 0 Å². The Kier molecular flexibility index (Phi) is 5.67. The molecular weight excluding hydrogens is 366 g/mol. The summed E-state index contributed by atoms with van der Waals surface area (Å²) in [7, 11) is 0.136. The van der Waals surface area contributed by atoms with Gasteiger partial charge in [-0.05, 0) is 58.3 Å². The van der Waals surface area contributed by atoms with E-state index in [1.165, 1.54) is 6.26 Å². The molecule has 3 rings (SSSR count). The second-order valence-electron chi connectivity index (χ2n) is 6.53. The average molecular weight is 389 g/mol. The van der Waals surface area contributed by atoms with Crippen molar-refractivity contribution in [3.8, 4) is 11.7 Å². The van der Waals surface area contributed by atoms with Crippen molar-refractivity contribution in [2.75, 3.05) is 32.5 Å². The minimum absolute atomic E-state index is 0.126. The monoisotopic (exact) mass is 389 g/mol. The van der Waals surface area contributed by atoms with E-state index in [4.69, 9.17) is 8.83 Å². The lowest BCUT2D eigenvalue weighted by Gasteiger charge is -2.10. The molecule has 0 spiro atoms. The Morgan fingerprint density at radius 1 is 1.15 bits per heavy atom. The highest BCUT2D eigenvalue weighted by atomic mass is 32.2. The van der Waals surface area contributed by atoms with Crippen LogP contribution in [0.25, 0.3) is 11.7 Å². The number of furan rings is 1. The molecular formula is C19H23N3O4S. The Balaban J connectivity index is 1.95. The highest BCUT2D eigenvalue weighted by Crippen LogP contribution is 2.32. The Morgan fingerprint density at radius 3 is 2.52 bits per heavy atom. The first-order valence-corrected chi connectivity index (χ1v) is 10.1. The maximum atomic E-state index is 13.1. The quantitative estimate of drug-likeness (QED) is 0.590. The van der Waals surface area contributed by atoms with Crippen LogP contribution in [0.3, 0.4) is 0 Å². The highest BCUT2D eigenvalue weighted by molar-refractivity contribution is 7.91. The summed E-state index contributed by atoms with van der Waals surface area (Å²) in [6.45, 7) is 3.33. The first-order valence-electron chi connectivity index (χ1n) is 8.63. The van der Waals surface area contributed by atoms with Crippen LogP contribution in [0.5, 0.6) is 0 Å². The van der Waals surface area contributed by atoms with Crippen LogP contribution in [0, 0.1) is 6.92 Å². The lowest BCUT2D eigenvalue weighted by Crippen LogP contribution is -2.17. The van der Waals surface area contributed by atoms with Crippen molar-refractivity contribution >= 4 is 15.7 Å². The third-order valence-electron chi connectivity index (χ3n) is 3.98. The topological polar surface area (TPSA) is 88.6 Å². The first-order chi connectivity index (χ1) is 12.9. The summed E-state index contributed by atoms with van der Waals surface area (Å²) in [6.07, 6.45) is 2.31. The molecule has 0 bridgehead atoms. The van der Waals surface area contributed by atoms with E-state index in [0.717, 1.165) is 18.5 Å². The van der Waals surface area contributed by atoms with E-state index in [0.29, 0.717) is 12.3 Å². The van der Waals surface area contributed by atoms with Gasteiger partial charge in [-0.2, -0.15) is 4.98 Å². The zero-order valence-electron chi connectivity index (χ0n) is 15.6. The number of aromatic nitrogens is 1. The summed E-state index contributed by atoms with van der Waals surface area (Å²) in [5.41, 5.74) is 0.979. The van der Waals surface area contributed by atoms with Gasteiger partial charge in [0.25, 0.3) is 5.89 Å². The normalized spacial score (nSPS) is 11.9. The van der Waals surface area contributed by atoms with E-state index in [1.54, 1.807) is 36.4 Å². The average Bonchev–Trinajstić information content (AvgIpc) is 3.28. The second-order valence-corrected chi connectivity index (χ2v) is 8.40. The first kappa shape index (κ1) is 19.2. The third-order valence-corrected chi connectivity index (χ3v) is 5.66. The molecule has 1 aromatic carbocycles. The van der Waals surface area contributed by atoms with Crippen molar-refractivity contribution in [1.82, 2.24) is 9.88 Å². The van der Waals surface area contributed by atoms with Gasteiger partial charge >= 0.3 is 0 Å². The van der Waals surface area contributed by atoms with Crippen molar-refractivity contribution < 1.29 is 17.3 Å². The van der Waals surface area contributed by atoms with E-state index in [9.17, 15) is 8.42 Å². The molecule has 8 heteroatoms. The van der Waals surface area contributed by atoms with Crippen LogP contribution < -0.4 is 5.32 Å². The van der Waals surface area contributed by atoms with Crippen molar-refractivity contribution in [2.45, 2.75) is 23.3 Å². The highest BCUT2D eigenvalue weighted by Gasteiger charge is 2.29. The molecule has 27 heavy (non-hydrogen) atoms. The number of nitrogens with zero attached hydrogens (tertiary/aromatic N) is 2. The fourth-order valence-electron chi connectivity index (χ4n) is 2.53. The molecule has 0 aliphatic rings. The molecule has 3 aromatic rings.